The van der Waals surface area contributed by atoms with E-state index in [1.165, 1.54) is 0 Å². The summed E-state index contributed by atoms with van der Waals surface area (Å²) in [5.74, 6) is 0.786. The average molecular weight is 326 g/mol. The molecule has 1 amide bonds. The van der Waals surface area contributed by atoms with Gasteiger partial charge in [-0.1, -0.05) is 6.07 Å². The van der Waals surface area contributed by atoms with E-state index in [4.69, 9.17) is 0 Å². The van der Waals surface area contributed by atoms with Crippen LogP contribution in [0.1, 0.15) is 29.8 Å². The third kappa shape index (κ3) is 3.48. The zero-order valence-electron chi connectivity index (χ0n) is 13.1. The number of rotatable bonds is 5. The third-order valence-corrected chi connectivity index (χ3v) is 4.43. The molecule has 23 heavy (non-hydrogen) atoms. The first-order valence-electron chi connectivity index (χ1n) is 7.41. The van der Waals surface area contributed by atoms with E-state index in [1.807, 2.05) is 48.9 Å². The molecule has 6 heteroatoms. The van der Waals surface area contributed by atoms with Crippen LogP contribution in [0.3, 0.4) is 0 Å². The Kier molecular flexibility index (Phi) is 4.52. The lowest BCUT2D eigenvalue weighted by atomic mass is 10.1. The molecule has 3 aromatic heterocycles. The maximum Gasteiger partial charge on any atom is 0.224 e. The number of carbonyl (C=O) groups excluding carboxylic acids is 1. The van der Waals surface area contributed by atoms with Gasteiger partial charge in [0.2, 0.25) is 5.91 Å². The molecule has 118 valence electrons. The summed E-state index contributed by atoms with van der Waals surface area (Å²) < 4.78 is 1.79. The normalized spacial score (nSPS) is 12.1. The highest BCUT2D eigenvalue weighted by molar-refractivity contribution is 7.07. The quantitative estimate of drug-likeness (QED) is 0.784. The van der Waals surface area contributed by atoms with E-state index in [1.54, 1.807) is 28.4 Å². The second-order valence-corrected chi connectivity index (χ2v) is 6.16. The van der Waals surface area contributed by atoms with E-state index in [-0.39, 0.29) is 11.9 Å². The predicted octanol–water partition coefficient (Wildman–Crippen LogP) is 3.06. The maximum atomic E-state index is 12.1. The molecule has 3 rings (SSSR count). The Hall–Kier alpha value is -2.47. The summed E-state index contributed by atoms with van der Waals surface area (Å²) >= 11 is 1.60. The van der Waals surface area contributed by atoms with Crippen molar-refractivity contribution in [1.82, 2.24) is 20.1 Å². The Morgan fingerprint density at radius 1 is 1.39 bits per heavy atom. The van der Waals surface area contributed by atoms with Gasteiger partial charge < -0.3 is 5.32 Å². The molecule has 0 spiro atoms. The zero-order chi connectivity index (χ0) is 16.2. The van der Waals surface area contributed by atoms with Crippen molar-refractivity contribution < 1.29 is 4.79 Å². The standard InChI is InChI=1S/C17H18N4OS/c1-12(20-17(22)9-14-6-8-23-11-14)15-10-19-21(13(15)2)16-5-3-4-7-18-16/h3-8,10-12H,9H2,1-2H3,(H,20,22). The summed E-state index contributed by atoms with van der Waals surface area (Å²) in [4.78, 5) is 16.4. The highest BCUT2D eigenvalue weighted by Crippen LogP contribution is 2.19. The Morgan fingerprint density at radius 2 is 2.26 bits per heavy atom. The molecule has 0 aliphatic rings. The van der Waals surface area contributed by atoms with Gasteiger partial charge in [0.25, 0.3) is 0 Å². The Morgan fingerprint density at radius 3 is 2.96 bits per heavy atom. The summed E-state index contributed by atoms with van der Waals surface area (Å²) in [6.45, 7) is 3.96. The minimum absolute atomic E-state index is 0.0147. The maximum absolute atomic E-state index is 12.1. The van der Waals surface area contributed by atoms with Crippen LogP contribution in [0.15, 0.2) is 47.4 Å². The van der Waals surface area contributed by atoms with Crippen molar-refractivity contribution in [3.8, 4) is 5.82 Å². The van der Waals surface area contributed by atoms with Gasteiger partial charge in [-0.3, -0.25) is 4.79 Å². The largest absolute Gasteiger partial charge is 0.349 e. The van der Waals surface area contributed by atoms with Gasteiger partial charge in [-0.2, -0.15) is 16.4 Å². The van der Waals surface area contributed by atoms with Crippen LogP contribution in [0.2, 0.25) is 0 Å². The molecular weight excluding hydrogens is 308 g/mol. The number of hydrogen-bond donors (Lipinski definition) is 1. The van der Waals surface area contributed by atoms with E-state index in [9.17, 15) is 4.79 Å². The highest BCUT2D eigenvalue weighted by Gasteiger charge is 2.16. The number of carbonyl (C=O) groups is 1. The molecule has 0 aliphatic heterocycles. The molecule has 3 aromatic rings. The first kappa shape index (κ1) is 15.4. The zero-order valence-corrected chi connectivity index (χ0v) is 13.9. The van der Waals surface area contributed by atoms with Crippen molar-refractivity contribution in [2.75, 3.05) is 0 Å². The van der Waals surface area contributed by atoms with Gasteiger partial charge in [-0.25, -0.2) is 9.67 Å². The van der Waals surface area contributed by atoms with Gasteiger partial charge in [0.05, 0.1) is 18.7 Å². The Labute approximate surface area is 139 Å². The minimum Gasteiger partial charge on any atom is -0.349 e. The number of aromatic nitrogens is 3. The molecule has 0 fully saturated rings. The lowest BCUT2D eigenvalue weighted by Gasteiger charge is -2.14. The molecule has 5 nitrogen and oxygen atoms in total. The number of amides is 1. The van der Waals surface area contributed by atoms with Crippen LogP contribution in [0.4, 0.5) is 0 Å². The van der Waals surface area contributed by atoms with E-state index in [2.05, 4.69) is 15.4 Å². The van der Waals surface area contributed by atoms with Crippen LogP contribution >= 0.6 is 11.3 Å². The molecule has 0 radical (unpaired) electrons. The van der Waals surface area contributed by atoms with Crippen LogP contribution in [-0.4, -0.2) is 20.7 Å². The van der Waals surface area contributed by atoms with Crippen molar-refractivity contribution in [2.24, 2.45) is 0 Å². The van der Waals surface area contributed by atoms with Crippen molar-refractivity contribution in [3.05, 3.63) is 64.2 Å². The van der Waals surface area contributed by atoms with Crippen LogP contribution in [0.5, 0.6) is 0 Å². The second-order valence-electron chi connectivity index (χ2n) is 5.38. The minimum atomic E-state index is -0.0985. The summed E-state index contributed by atoms with van der Waals surface area (Å²) in [5.41, 5.74) is 3.02. The number of nitrogens with zero attached hydrogens (tertiary/aromatic N) is 3. The molecule has 1 atom stereocenters. The second kappa shape index (κ2) is 6.75. The molecular formula is C17H18N4OS. The van der Waals surface area contributed by atoms with Crippen LogP contribution in [-0.2, 0) is 11.2 Å². The number of thiophene rings is 1. The fourth-order valence-electron chi connectivity index (χ4n) is 2.51. The number of hydrogen-bond acceptors (Lipinski definition) is 4. The first-order chi connectivity index (χ1) is 11.1. The molecule has 0 bridgehead atoms. The fraction of sp³-hybridized carbons (Fsp3) is 0.235. The van der Waals surface area contributed by atoms with Gasteiger partial charge in [0.15, 0.2) is 5.82 Å². The van der Waals surface area contributed by atoms with Crippen molar-refractivity contribution in [2.45, 2.75) is 26.3 Å². The number of pyridine rings is 1. The lowest BCUT2D eigenvalue weighted by Crippen LogP contribution is -2.28. The van der Waals surface area contributed by atoms with Crippen molar-refractivity contribution in [1.29, 1.82) is 0 Å². The average Bonchev–Trinajstić information content (AvgIpc) is 3.17. The van der Waals surface area contributed by atoms with Gasteiger partial charge in [-0.15, -0.1) is 0 Å². The van der Waals surface area contributed by atoms with E-state index < -0.39 is 0 Å². The predicted molar refractivity (Wildman–Crippen MR) is 90.7 cm³/mol. The number of nitrogens with one attached hydrogen (secondary N) is 1. The topological polar surface area (TPSA) is 59.8 Å². The third-order valence-electron chi connectivity index (χ3n) is 3.70. The molecule has 0 saturated carbocycles. The summed E-state index contributed by atoms with van der Waals surface area (Å²) in [6, 6.07) is 7.58. The van der Waals surface area contributed by atoms with E-state index in [0.29, 0.717) is 6.42 Å². The van der Waals surface area contributed by atoms with Crippen LogP contribution in [0, 0.1) is 6.92 Å². The van der Waals surface area contributed by atoms with Gasteiger partial charge in [-0.05, 0) is 48.4 Å². The summed E-state index contributed by atoms with van der Waals surface area (Å²) in [5, 5.41) is 11.4. The van der Waals surface area contributed by atoms with E-state index in [0.717, 1.165) is 22.6 Å². The van der Waals surface area contributed by atoms with Gasteiger partial charge >= 0.3 is 0 Å². The SMILES string of the molecule is Cc1c(C(C)NC(=O)Cc2ccsc2)cnn1-c1ccccn1. The molecule has 0 aromatic carbocycles. The Balaban J connectivity index is 1.72. The first-order valence-corrected chi connectivity index (χ1v) is 8.36. The summed E-state index contributed by atoms with van der Waals surface area (Å²) in [6.07, 6.45) is 3.93. The molecule has 1 N–H and O–H groups in total. The fourth-order valence-corrected chi connectivity index (χ4v) is 3.17. The van der Waals surface area contributed by atoms with Crippen molar-refractivity contribution in [3.63, 3.8) is 0 Å². The smallest absolute Gasteiger partial charge is 0.224 e. The van der Waals surface area contributed by atoms with E-state index >= 15 is 0 Å². The van der Waals surface area contributed by atoms with Gasteiger partial charge in [0, 0.05) is 17.5 Å². The van der Waals surface area contributed by atoms with Crippen LogP contribution in [0.25, 0.3) is 5.82 Å². The molecule has 3 heterocycles. The van der Waals surface area contributed by atoms with Crippen LogP contribution < -0.4 is 5.32 Å². The summed E-state index contributed by atoms with van der Waals surface area (Å²) in [7, 11) is 0. The molecule has 1 unspecified atom stereocenters. The molecule has 0 saturated heterocycles. The lowest BCUT2D eigenvalue weighted by molar-refractivity contribution is -0.121. The van der Waals surface area contributed by atoms with Crippen molar-refractivity contribution >= 4 is 17.2 Å². The van der Waals surface area contributed by atoms with Gasteiger partial charge in [0.1, 0.15) is 0 Å². The monoisotopic (exact) mass is 326 g/mol. The molecule has 0 aliphatic carbocycles. The Bertz CT molecular complexity index is 780. The highest BCUT2D eigenvalue weighted by atomic mass is 32.1.